The summed E-state index contributed by atoms with van der Waals surface area (Å²) >= 11 is 1.64. The van der Waals surface area contributed by atoms with Crippen molar-refractivity contribution in [2.75, 3.05) is 32.1 Å². The molecule has 0 saturated carbocycles. The number of benzene rings is 2. The zero-order chi connectivity index (χ0) is 24.1. The number of thioether (sulfide) groups is 1. The first kappa shape index (κ1) is 25.8. The zero-order valence-electron chi connectivity index (χ0n) is 18.0. The van der Waals surface area contributed by atoms with Crippen LogP contribution in [0.5, 0.6) is 5.75 Å². The number of ether oxygens (including phenoxy) is 1. The molecular formula is C22H26N4O6S. The average Bonchev–Trinajstić information content (AvgIpc) is 3.24. The van der Waals surface area contributed by atoms with Crippen molar-refractivity contribution in [1.82, 2.24) is 20.1 Å². The minimum absolute atomic E-state index is 0.144. The predicted molar refractivity (Wildman–Crippen MR) is 124 cm³/mol. The van der Waals surface area contributed by atoms with Crippen LogP contribution in [-0.2, 0) is 9.59 Å². The molecule has 0 aliphatic heterocycles. The lowest BCUT2D eigenvalue weighted by Gasteiger charge is -2.11. The van der Waals surface area contributed by atoms with E-state index in [0.717, 1.165) is 40.3 Å². The summed E-state index contributed by atoms with van der Waals surface area (Å²) in [5.74, 6) is -1.15. The van der Waals surface area contributed by atoms with Crippen LogP contribution in [0.4, 0.5) is 0 Å². The van der Waals surface area contributed by atoms with E-state index in [1.165, 1.54) is 0 Å². The van der Waals surface area contributed by atoms with Gasteiger partial charge in [-0.15, -0.1) is 10.2 Å². The minimum atomic E-state index is -1.82. The van der Waals surface area contributed by atoms with Gasteiger partial charge in [0.1, 0.15) is 5.75 Å². The van der Waals surface area contributed by atoms with Crippen molar-refractivity contribution in [3.8, 4) is 22.8 Å². The highest BCUT2D eigenvalue weighted by Crippen LogP contribution is 2.28. The van der Waals surface area contributed by atoms with Crippen LogP contribution in [-0.4, -0.2) is 74.1 Å². The molecule has 0 atom stereocenters. The van der Waals surface area contributed by atoms with Crippen molar-refractivity contribution in [3.63, 3.8) is 0 Å². The maximum absolute atomic E-state index is 9.10. The van der Waals surface area contributed by atoms with Crippen LogP contribution in [0.3, 0.4) is 0 Å². The van der Waals surface area contributed by atoms with Gasteiger partial charge in [-0.1, -0.05) is 42.1 Å². The Kier molecular flexibility index (Phi) is 10.9. The summed E-state index contributed by atoms with van der Waals surface area (Å²) < 4.78 is 7.62. The standard InChI is InChI=1S/C20H24N4O2S.C2H2O4/c1-2-26-18-10-8-17(9-11-18)24-19(16-6-4-3-5-7-16)22-23-20(24)27-15-13-21-12-14-25;3-1(4)2(5)6/h3-11,21,25H,2,12-15H2,1H3;(H,3,4)(H,5,6). The molecule has 1 heterocycles. The highest BCUT2D eigenvalue weighted by molar-refractivity contribution is 7.99. The van der Waals surface area contributed by atoms with Gasteiger partial charge in [-0.25, -0.2) is 9.59 Å². The van der Waals surface area contributed by atoms with Gasteiger partial charge in [0.05, 0.1) is 13.2 Å². The topological polar surface area (TPSA) is 147 Å². The van der Waals surface area contributed by atoms with E-state index in [-0.39, 0.29) is 6.61 Å². The average molecular weight is 475 g/mol. The van der Waals surface area contributed by atoms with E-state index in [0.29, 0.717) is 13.2 Å². The molecule has 0 unspecified atom stereocenters. The van der Waals surface area contributed by atoms with Gasteiger partial charge in [-0.3, -0.25) is 4.57 Å². The fourth-order valence-corrected chi connectivity index (χ4v) is 3.50. The molecule has 0 fully saturated rings. The normalized spacial score (nSPS) is 10.2. The van der Waals surface area contributed by atoms with E-state index in [2.05, 4.69) is 20.1 Å². The van der Waals surface area contributed by atoms with Gasteiger partial charge < -0.3 is 25.4 Å². The van der Waals surface area contributed by atoms with Gasteiger partial charge in [-0.2, -0.15) is 0 Å². The predicted octanol–water partition coefficient (Wildman–Crippen LogP) is 2.16. The third-order valence-corrected chi connectivity index (χ3v) is 4.98. The summed E-state index contributed by atoms with van der Waals surface area (Å²) in [5.41, 5.74) is 2.01. The first-order valence-corrected chi connectivity index (χ1v) is 11.1. The molecule has 176 valence electrons. The number of rotatable bonds is 10. The molecule has 0 bridgehead atoms. The molecule has 1 aromatic heterocycles. The van der Waals surface area contributed by atoms with Crippen molar-refractivity contribution in [1.29, 1.82) is 0 Å². The fraction of sp³-hybridized carbons (Fsp3) is 0.273. The Morgan fingerprint density at radius 1 is 1.00 bits per heavy atom. The Labute approximate surface area is 195 Å². The third-order valence-electron chi connectivity index (χ3n) is 4.05. The van der Waals surface area contributed by atoms with Crippen LogP contribution in [0.1, 0.15) is 6.92 Å². The molecule has 0 aliphatic rings. The molecule has 11 heteroatoms. The van der Waals surface area contributed by atoms with Crippen LogP contribution in [0.15, 0.2) is 59.8 Å². The first-order chi connectivity index (χ1) is 16.0. The van der Waals surface area contributed by atoms with Crippen molar-refractivity contribution in [2.45, 2.75) is 12.1 Å². The number of aromatic nitrogens is 3. The van der Waals surface area contributed by atoms with Gasteiger partial charge in [-0.05, 0) is 31.2 Å². The molecule has 10 nitrogen and oxygen atoms in total. The van der Waals surface area contributed by atoms with Crippen LogP contribution in [0.2, 0.25) is 0 Å². The molecule has 0 spiro atoms. The fourth-order valence-electron chi connectivity index (χ4n) is 2.65. The highest BCUT2D eigenvalue weighted by atomic mass is 32.2. The molecule has 0 radical (unpaired) electrons. The molecule has 33 heavy (non-hydrogen) atoms. The van der Waals surface area contributed by atoms with Crippen LogP contribution in [0.25, 0.3) is 17.1 Å². The van der Waals surface area contributed by atoms with Gasteiger partial charge in [0.25, 0.3) is 0 Å². The minimum Gasteiger partial charge on any atom is -0.494 e. The van der Waals surface area contributed by atoms with Gasteiger partial charge in [0.2, 0.25) is 0 Å². The number of hydrogen-bond acceptors (Lipinski definition) is 8. The second-order valence-corrected chi connectivity index (χ2v) is 7.43. The number of nitrogens with one attached hydrogen (secondary N) is 1. The van der Waals surface area contributed by atoms with Gasteiger partial charge in [0.15, 0.2) is 11.0 Å². The zero-order valence-corrected chi connectivity index (χ0v) is 18.9. The van der Waals surface area contributed by atoms with Crippen LogP contribution < -0.4 is 10.1 Å². The Morgan fingerprint density at radius 2 is 1.67 bits per heavy atom. The highest BCUT2D eigenvalue weighted by Gasteiger charge is 2.16. The lowest BCUT2D eigenvalue weighted by atomic mass is 10.2. The number of hydrogen-bond donors (Lipinski definition) is 4. The summed E-state index contributed by atoms with van der Waals surface area (Å²) in [6, 6.07) is 18.0. The van der Waals surface area contributed by atoms with E-state index < -0.39 is 11.9 Å². The SMILES string of the molecule is CCOc1ccc(-n2c(SCCNCCO)nnc2-c2ccccc2)cc1.O=C(O)C(=O)O. The number of nitrogens with zero attached hydrogens (tertiary/aromatic N) is 3. The van der Waals surface area contributed by atoms with E-state index >= 15 is 0 Å². The third kappa shape index (κ3) is 8.22. The quantitative estimate of drug-likeness (QED) is 0.196. The first-order valence-electron chi connectivity index (χ1n) is 10.1. The van der Waals surface area contributed by atoms with E-state index in [1.54, 1.807) is 11.8 Å². The summed E-state index contributed by atoms with van der Waals surface area (Å²) in [6.07, 6.45) is 0. The maximum Gasteiger partial charge on any atom is 0.414 e. The molecule has 3 rings (SSSR count). The van der Waals surface area contributed by atoms with Gasteiger partial charge >= 0.3 is 11.9 Å². The van der Waals surface area contributed by atoms with E-state index in [9.17, 15) is 0 Å². The number of carboxylic acids is 2. The largest absolute Gasteiger partial charge is 0.494 e. The van der Waals surface area contributed by atoms with Crippen molar-refractivity contribution in [3.05, 3.63) is 54.6 Å². The number of aliphatic hydroxyl groups excluding tert-OH is 1. The second kappa shape index (κ2) is 13.9. The number of aliphatic carboxylic acids is 2. The molecule has 0 amide bonds. The smallest absolute Gasteiger partial charge is 0.414 e. The molecule has 3 aromatic rings. The lowest BCUT2D eigenvalue weighted by molar-refractivity contribution is -0.159. The second-order valence-electron chi connectivity index (χ2n) is 6.37. The molecule has 2 aromatic carbocycles. The van der Waals surface area contributed by atoms with Gasteiger partial charge in [0, 0.05) is 30.1 Å². The van der Waals surface area contributed by atoms with Crippen molar-refractivity contribution >= 4 is 23.7 Å². The summed E-state index contributed by atoms with van der Waals surface area (Å²) in [6.45, 7) is 4.15. The van der Waals surface area contributed by atoms with Crippen molar-refractivity contribution in [2.24, 2.45) is 0 Å². The Bertz CT molecular complexity index is 999. The Morgan fingerprint density at radius 3 is 2.24 bits per heavy atom. The van der Waals surface area contributed by atoms with E-state index in [4.69, 9.17) is 29.6 Å². The molecule has 4 N–H and O–H groups in total. The maximum atomic E-state index is 9.10. The number of carbonyl (C=O) groups is 2. The summed E-state index contributed by atoms with van der Waals surface area (Å²) in [7, 11) is 0. The summed E-state index contributed by atoms with van der Waals surface area (Å²) in [4.78, 5) is 18.2. The molecule has 0 aliphatic carbocycles. The summed E-state index contributed by atoms with van der Waals surface area (Å²) in [5, 5.41) is 36.5. The molecular weight excluding hydrogens is 448 g/mol. The molecule has 0 saturated heterocycles. The lowest BCUT2D eigenvalue weighted by Crippen LogP contribution is -2.20. The van der Waals surface area contributed by atoms with Crippen LogP contribution in [0, 0.1) is 0 Å². The van der Waals surface area contributed by atoms with Crippen molar-refractivity contribution < 1.29 is 29.6 Å². The monoisotopic (exact) mass is 474 g/mol. The van der Waals surface area contributed by atoms with E-state index in [1.807, 2.05) is 61.5 Å². The number of carboxylic acid groups (broad SMARTS) is 2. The van der Waals surface area contributed by atoms with Crippen LogP contribution >= 0.6 is 11.8 Å². The Balaban J connectivity index is 0.000000569. The number of aliphatic hydroxyl groups is 1. The Hall–Kier alpha value is -3.41.